The smallest absolute Gasteiger partial charge is 0.407 e. The highest BCUT2D eigenvalue weighted by Gasteiger charge is 2.36. The van der Waals surface area contributed by atoms with Crippen LogP contribution in [0.2, 0.25) is 0 Å². The number of nitrogens with zero attached hydrogens (tertiary/aromatic N) is 2. The van der Waals surface area contributed by atoms with Crippen molar-refractivity contribution in [1.82, 2.24) is 5.32 Å². The molecule has 1 atom stereocenters. The molecule has 10 heteroatoms. The highest BCUT2D eigenvalue weighted by Crippen LogP contribution is 2.38. The fourth-order valence-corrected chi connectivity index (χ4v) is 4.06. The zero-order chi connectivity index (χ0) is 27.4. The van der Waals surface area contributed by atoms with E-state index in [4.69, 9.17) is 15.5 Å². The molecule has 0 spiro atoms. The van der Waals surface area contributed by atoms with E-state index in [9.17, 15) is 19.7 Å². The zero-order valence-electron chi connectivity index (χ0n) is 21.4. The molecule has 4 rings (SSSR count). The van der Waals surface area contributed by atoms with Crippen molar-refractivity contribution >= 4 is 34.8 Å². The number of benzene rings is 3. The molecule has 2 amide bonds. The lowest BCUT2D eigenvalue weighted by Gasteiger charge is -2.19. The van der Waals surface area contributed by atoms with Gasteiger partial charge in [0.1, 0.15) is 11.5 Å². The number of fused-ring (bicyclic) bond motifs is 1. The number of amides is 2. The normalized spacial score (nSPS) is 15.0. The number of aliphatic imine (C=N–C) groups is 1. The number of nitro benzene ring substituents is 1. The third-order valence-corrected chi connectivity index (χ3v) is 5.86. The first-order chi connectivity index (χ1) is 18.0. The van der Waals surface area contributed by atoms with E-state index in [1.54, 1.807) is 32.9 Å². The first-order valence-electron chi connectivity index (χ1n) is 12.1. The third kappa shape index (κ3) is 6.22. The van der Waals surface area contributed by atoms with Gasteiger partial charge in [-0.15, -0.1) is 0 Å². The maximum Gasteiger partial charge on any atom is 0.407 e. The molecule has 1 aliphatic rings. The van der Waals surface area contributed by atoms with E-state index in [0.717, 1.165) is 11.1 Å². The summed E-state index contributed by atoms with van der Waals surface area (Å²) < 4.78 is 5.26. The summed E-state index contributed by atoms with van der Waals surface area (Å²) in [4.78, 5) is 40.8. The van der Waals surface area contributed by atoms with Crippen LogP contribution in [0.4, 0.5) is 21.9 Å². The van der Waals surface area contributed by atoms with Crippen LogP contribution < -0.4 is 16.4 Å². The highest BCUT2D eigenvalue weighted by molar-refractivity contribution is 6.24. The number of nitrogens with two attached hydrogens (primary N) is 1. The number of ether oxygens (including phenoxy) is 1. The van der Waals surface area contributed by atoms with Gasteiger partial charge in [0.2, 0.25) is 5.91 Å². The molecule has 0 aliphatic carbocycles. The van der Waals surface area contributed by atoms with Crippen molar-refractivity contribution in [3.63, 3.8) is 0 Å². The predicted octanol–water partition coefficient (Wildman–Crippen LogP) is 4.93. The minimum absolute atomic E-state index is 0.107. The van der Waals surface area contributed by atoms with Gasteiger partial charge in [-0.1, -0.05) is 36.4 Å². The molecule has 0 saturated heterocycles. The molecule has 38 heavy (non-hydrogen) atoms. The molecule has 3 aromatic rings. The Balaban J connectivity index is 1.67. The lowest BCUT2D eigenvalue weighted by atomic mass is 9.90. The van der Waals surface area contributed by atoms with Crippen molar-refractivity contribution in [2.45, 2.75) is 45.4 Å². The summed E-state index contributed by atoms with van der Waals surface area (Å²) in [5.41, 5.74) is 9.53. The summed E-state index contributed by atoms with van der Waals surface area (Å²) in [6.45, 7) is 6.02. The van der Waals surface area contributed by atoms with Crippen LogP contribution in [0.15, 0.2) is 71.7 Å². The summed E-state index contributed by atoms with van der Waals surface area (Å²) in [5.74, 6) is -1.16. The molecule has 0 radical (unpaired) electrons. The van der Waals surface area contributed by atoms with Crippen molar-refractivity contribution in [2.75, 3.05) is 5.32 Å². The summed E-state index contributed by atoms with van der Waals surface area (Å²) in [6.07, 6.45) is -0.511. The number of non-ortho nitro benzene ring substituents is 1. The van der Waals surface area contributed by atoms with Crippen LogP contribution in [0.25, 0.3) is 0 Å². The van der Waals surface area contributed by atoms with Crippen LogP contribution in [0.3, 0.4) is 0 Å². The average molecular weight is 516 g/mol. The highest BCUT2D eigenvalue weighted by atomic mass is 16.6. The minimum atomic E-state index is -0.845. The van der Waals surface area contributed by atoms with Gasteiger partial charge in [-0.05, 0) is 55.7 Å². The Bertz CT molecular complexity index is 1390. The Labute approximate surface area is 220 Å². The number of anilines is 1. The second kappa shape index (κ2) is 10.8. The first-order valence-corrected chi connectivity index (χ1v) is 12.1. The molecule has 0 fully saturated rings. The maximum absolute atomic E-state index is 13.1. The third-order valence-electron chi connectivity index (χ3n) is 5.86. The van der Waals surface area contributed by atoms with E-state index >= 15 is 0 Å². The molecule has 0 aromatic heterocycles. The van der Waals surface area contributed by atoms with Crippen LogP contribution in [0, 0.1) is 10.1 Å². The number of nitrogens with one attached hydrogen (secondary N) is 2. The van der Waals surface area contributed by atoms with Crippen molar-refractivity contribution in [2.24, 2.45) is 10.7 Å². The van der Waals surface area contributed by atoms with E-state index < -0.39 is 22.5 Å². The SMILES string of the molecule is CC(C)(C)OC(=O)NCc1ccc(N=C(c2ccc(CN)cc2)C2C(=O)Nc3ccc([N+](=O)[O-])cc32)cc1. The topological polar surface area (TPSA) is 149 Å². The quantitative estimate of drug-likeness (QED) is 0.231. The van der Waals surface area contributed by atoms with Gasteiger partial charge in [-0.3, -0.25) is 19.9 Å². The Morgan fingerprint density at radius 1 is 1.08 bits per heavy atom. The number of nitro groups is 1. The lowest BCUT2D eigenvalue weighted by Crippen LogP contribution is -2.32. The number of carbonyl (C=O) groups excluding carboxylic acids is 2. The standard InChI is InChI=1S/C28H29N5O5/c1-28(2,3)38-27(35)30-16-18-6-10-20(11-7-18)31-25(19-8-4-17(15-29)5-9-19)24-22-14-21(33(36)37)12-13-23(22)32-26(24)34/h4-14,24H,15-16,29H2,1-3H3,(H,30,35)(H,32,34). The van der Waals surface area contributed by atoms with Gasteiger partial charge >= 0.3 is 6.09 Å². The van der Waals surface area contributed by atoms with E-state index in [2.05, 4.69) is 10.6 Å². The van der Waals surface area contributed by atoms with Crippen LogP contribution in [-0.2, 0) is 22.6 Å². The van der Waals surface area contributed by atoms with E-state index in [1.165, 1.54) is 18.2 Å². The van der Waals surface area contributed by atoms with Gasteiger partial charge in [0.05, 0.1) is 16.3 Å². The number of rotatable bonds is 7. The van der Waals surface area contributed by atoms with E-state index in [1.807, 2.05) is 36.4 Å². The first kappa shape index (κ1) is 26.5. The summed E-state index contributed by atoms with van der Waals surface area (Å²) in [7, 11) is 0. The second-order valence-electron chi connectivity index (χ2n) is 9.87. The lowest BCUT2D eigenvalue weighted by molar-refractivity contribution is -0.384. The van der Waals surface area contributed by atoms with Crippen molar-refractivity contribution in [3.8, 4) is 0 Å². The molecule has 1 aliphatic heterocycles. The van der Waals surface area contributed by atoms with Crippen molar-refractivity contribution in [3.05, 3.63) is 99.1 Å². The number of hydrogen-bond acceptors (Lipinski definition) is 7. The van der Waals surface area contributed by atoms with Gasteiger partial charge in [0, 0.05) is 36.5 Å². The van der Waals surface area contributed by atoms with Crippen LogP contribution in [0.1, 0.15) is 48.9 Å². The fraction of sp³-hybridized carbons (Fsp3) is 0.250. The Morgan fingerprint density at radius 3 is 2.34 bits per heavy atom. The molecule has 0 bridgehead atoms. The summed E-state index contributed by atoms with van der Waals surface area (Å²) in [5, 5.41) is 16.9. The number of hydrogen-bond donors (Lipinski definition) is 3. The van der Waals surface area contributed by atoms with Gasteiger partial charge in [0.15, 0.2) is 0 Å². The van der Waals surface area contributed by atoms with Gasteiger partial charge in [0.25, 0.3) is 5.69 Å². The molecule has 0 saturated carbocycles. The molecule has 1 unspecified atom stereocenters. The van der Waals surface area contributed by atoms with Crippen molar-refractivity contribution < 1.29 is 19.2 Å². The van der Waals surface area contributed by atoms with Crippen molar-refractivity contribution in [1.29, 1.82) is 0 Å². The summed E-state index contributed by atoms with van der Waals surface area (Å²) >= 11 is 0. The predicted molar refractivity (Wildman–Crippen MR) is 145 cm³/mol. The molecular weight excluding hydrogens is 486 g/mol. The molecule has 3 aromatic carbocycles. The average Bonchev–Trinajstić information content (AvgIpc) is 3.20. The van der Waals surface area contributed by atoms with Gasteiger partial charge in [-0.2, -0.15) is 0 Å². The van der Waals surface area contributed by atoms with Gasteiger partial charge < -0.3 is 21.1 Å². The van der Waals surface area contributed by atoms with Crippen LogP contribution in [-0.4, -0.2) is 28.2 Å². The molecular formula is C28H29N5O5. The Hall–Kier alpha value is -4.57. The minimum Gasteiger partial charge on any atom is -0.444 e. The molecule has 4 N–H and O–H groups in total. The number of alkyl carbamates (subject to hydrolysis) is 1. The van der Waals surface area contributed by atoms with Crippen LogP contribution >= 0.6 is 0 Å². The van der Waals surface area contributed by atoms with Gasteiger partial charge in [-0.25, -0.2) is 4.79 Å². The largest absolute Gasteiger partial charge is 0.444 e. The van der Waals surface area contributed by atoms with Crippen LogP contribution in [0.5, 0.6) is 0 Å². The zero-order valence-corrected chi connectivity index (χ0v) is 21.4. The molecule has 10 nitrogen and oxygen atoms in total. The Morgan fingerprint density at radius 2 is 1.74 bits per heavy atom. The molecule has 196 valence electrons. The second-order valence-corrected chi connectivity index (χ2v) is 9.87. The number of carbonyl (C=O) groups is 2. The van der Waals surface area contributed by atoms with E-state index in [0.29, 0.717) is 34.8 Å². The monoisotopic (exact) mass is 515 g/mol. The molecule has 1 heterocycles. The van der Waals surface area contributed by atoms with E-state index in [-0.39, 0.29) is 18.1 Å². The maximum atomic E-state index is 13.1. The summed E-state index contributed by atoms with van der Waals surface area (Å²) in [6, 6.07) is 18.9. The fourth-order valence-electron chi connectivity index (χ4n) is 4.06. The Kier molecular flexibility index (Phi) is 7.54.